The van der Waals surface area contributed by atoms with Crippen molar-refractivity contribution >= 4 is 38.7 Å². The van der Waals surface area contributed by atoms with Gasteiger partial charge in [0.15, 0.2) is 0 Å². The maximum absolute atomic E-state index is 13.7. The number of nitrogens with zero attached hydrogens (tertiary/aromatic N) is 4. The molecule has 2 aromatic heterocycles. The lowest BCUT2D eigenvalue weighted by Crippen LogP contribution is -2.21. The van der Waals surface area contributed by atoms with Crippen LogP contribution in [-0.4, -0.2) is 27.6 Å². The van der Waals surface area contributed by atoms with E-state index < -0.39 is 32.1 Å². The summed E-state index contributed by atoms with van der Waals surface area (Å²) in [6.07, 6.45) is 2.78. The maximum atomic E-state index is 13.7. The molecule has 2 aromatic carbocycles. The second-order valence-electron chi connectivity index (χ2n) is 6.51. The Kier molecular flexibility index (Phi) is 5.13. The van der Waals surface area contributed by atoms with Gasteiger partial charge in [0.1, 0.15) is 5.82 Å². The lowest BCUT2D eigenvalue weighted by Gasteiger charge is -2.10. The van der Waals surface area contributed by atoms with Gasteiger partial charge in [-0.3, -0.25) is 13.8 Å². The molecule has 0 spiro atoms. The molecule has 0 radical (unpaired) electrons. The average Bonchev–Trinajstić information content (AvgIpc) is 3.14. The van der Waals surface area contributed by atoms with E-state index in [1.807, 2.05) is 0 Å². The van der Waals surface area contributed by atoms with E-state index in [0.717, 1.165) is 10.5 Å². The van der Waals surface area contributed by atoms with Gasteiger partial charge in [0, 0.05) is 17.4 Å². The number of benzene rings is 2. The second kappa shape index (κ2) is 7.50. The van der Waals surface area contributed by atoms with Crippen molar-refractivity contribution < 1.29 is 12.8 Å². The standard InChI is InChI=1S/C19H13Cl2FN4O3S/c1-11-13(20)5-3-7-15(11)25-8-9-26-17(18(25)27)23-24-19(26)30(28,29)10-12-4-2-6-14(22)16(12)21/h2-9H,10H2,1H3. The van der Waals surface area contributed by atoms with Gasteiger partial charge < -0.3 is 0 Å². The molecule has 0 saturated heterocycles. The normalized spacial score (nSPS) is 11.9. The van der Waals surface area contributed by atoms with Gasteiger partial charge in [0.05, 0.1) is 16.5 Å². The molecule has 0 saturated carbocycles. The summed E-state index contributed by atoms with van der Waals surface area (Å²) in [6, 6.07) is 9.00. The molecule has 4 rings (SSSR count). The first-order valence-corrected chi connectivity index (χ1v) is 11.0. The topological polar surface area (TPSA) is 86.3 Å². The largest absolute Gasteiger partial charge is 0.300 e. The second-order valence-corrected chi connectivity index (χ2v) is 9.17. The summed E-state index contributed by atoms with van der Waals surface area (Å²) in [5, 5.41) is 7.22. The maximum Gasteiger partial charge on any atom is 0.300 e. The molecule has 0 bridgehead atoms. The van der Waals surface area contributed by atoms with Crippen molar-refractivity contribution in [2.75, 3.05) is 0 Å². The minimum absolute atomic E-state index is 0.0799. The third kappa shape index (κ3) is 3.38. The van der Waals surface area contributed by atoms with Crippen molar-refractivity contribution in [3.8, 4) is 5.69 Å². The number of hydrogen-bond acceptors (Lipinski definition) is 5. The molecule has 7 nitrogen and oxygen atoms in total. The van der Waals surface area contributed by atoms with E-state index in [1.54, 1.807) is 25.1 Å². The molecule has 30 heavy (non-hydrogen) atoms. The first-order valence-electron chi connectivity index (χ1n) is 8.58. The van der Waals surface area contributed by atoms with Crippen LogP contribution >= 0.6 is 23.2 Å². The third-order valence-electron chi connectivity index (χ3n) is 4.59. The highest BCUT2D eigenvalue weighted by Gasteiger charge is 2.25. The molecule has 0 fully saturated rings. The first kappa shape index (κ1) is 20.5. The van der Waals surface area contributed by atoms with E-state index >= 15 is 0 Å². The smallest absolute Gasteiger partial charge is 0.279 e. The van der Waals surface area contributed by atoms with Gasteiger partial charge in [-0.2, -0.15) is 0 Å². The number of hydrogen-bond donors (Lipinski definition) is 0. The molecular weight excluding hydrogens is 454 g/mol. The lowest BCUT2D eigenvalue weighted by molar-refractivity contribution is 0.583. The first-order chi connectivity index (χ1) is 14.2. The van der Waals surface area contributed by atoms with Crippen LogP contribution in [0.15, 0.2) is 58.7 Å². The monoisotopic (exact) mass is 466 g/mol. The number of halogens is 3. The van der Waals surface area contributed by atoms with Crippen LogP contribution in [0.3, 0.4) is 0 Å². The molecular formula is C19H13Cl2FN4O3S. The van der Waals surface area contributed by atoms with Crippen LogP contribution in [-0.2, 0) is 15.6 Å². The van der Waals surface area contributed by atoms with Gasteiger partial charge >= 0.3 is 5.56 Å². The van der Waals surface area contributed by atoms with Crippen LogP contribution in [0.2, 0.25) is 10.0 Å². The van der Waals surface area contributed by atoms with E-state index in [2.05, 4.69) is 10.2 Å². The van der Waals surface area contributed by atoms with Gasteiger partial charge in [0.25, 0.3) is 5.16 Å². The van der Waals surface area contributed by atoms with Crippen molar-refractivity contribution in [3.05, 3.63) is 86.1 Å². The number of rotatable bonds is 4. The molecule has 0 unspecified atom stereocenters. The Labute approximate surface area is 180 Å². The van der Waals surface area contributed by atoms with Crippen molar-refractivity contribution in [2.24, 2.45) is 0 Å². The summed E-state index contributed by atoms with van der Waals surface area (Å²) < 4.78 is 41.8. The molecule has 0 aliphatic rings. The van der Waals surface area contributed by atoms with E-state index in [0.29, 0.717) is 16.3 Å². The molecule has 2 heterocycles. The summed E-state index contributed by atoms with van der Waals surface area (Å²) in [7, 11) is -4.08. The molecule has 0 N–H and O–H groups in total. The highest BCUT2D eigenvalue weighted by atomic mass is 35.5. The zero-order chi connectivity index (χ0) is 21.6. The van der Waals surface area contributed by atoms with Crippen LogP contribution in [0.25, 0.3) is 11.3 Å². The van der Waals surface area contributed by atoms with Crippen LogP contribution in [0.5, 0.6) is 0 Å². The van der Waals surface area contributed by atoms with E-state index in [-0.39, 0.29) is 16.2 Å². The van der Waals surface area contributed by atoms with Gasteiger partial charge in [-0.05, 0) is 36.2 Å². The van der Waals surface area contributed by atoms with Crippen molar-refractivity contribution in [3.63, 3.8) is 0 Å². The molecule has 0 aliphatic carbocycles. The summed E-state index contributed by atoms with van der Waals surface area (Å²) in [6.45, 7) is 1.76. The van der Waals surface area contributed by atoms with Crippen LogP contribution in [0, 0.1) is 12.7 Å². The van der Waals surface area contributed by atoms with Gasteiger partial charge in [-0.15, -0.1) is 10.2 Å². The Morgan fingerprint density at radius 3 is 2.57 bits per heavy atom. The van der Waals surface area contributed by atoms with E-state index in [9.17, 15) is 17.6 Å². The highest BCUT2D eigenvalue weighted by Crippen LogP contribution is 2.25. The minimum atomic E-state index is -4.08. The third-order valence-corrected chi connectivity index (χ3v) is 6.95. The van der Waals surface area contributed by atoms with Gasteiger partial charge in [-0.1, -0.05) is 41.4 Å². The number of sulfone groups is 1. The molecule has 0 aliphatic heterocycles. The molecule has 11 heteroatoms. The molecule has 0 atom stereocenters. The summed E-state index contributed by atoms with van der Waals surface area (Å²) >= 11 is 12.0. The van der Waals surface area contributed by atoms with Gasteiger partial charge in [-0.25, -0.2) is 12.8 Å². The Bertz CT molecular complexity index is 1460. The molecule has 4 aromatic rings. The fraction of sp³-hybridized carbons (Fsp3) is 0.105. The fourth-order valence-electron chi connectivity index (χ4n) is 3.05. The average molecular weight is 467 g/mol. The zero-order valence-corrected chi connectivity index (χ0v) is 17.7. The Morgan fingerprint density at radius 2 is 1.80 bits per heavy atom. The highest BCUT2D eigenvalue weighted by molar-refractivity contribution is 7.90. The van der Waals surface area contributed by atoms with Crippen LogP contribution in [0.1, 0.15) is 11.1 Å². The number of fused-ring (bicyclic) bond motifs is 1. The summed E-state index contributed by atoms with van der Waals surface area (Å²) in [5.74, 6) is -1.32. The van der Waals surface area contributed by atoms with Crippen molar-refractivity contribution in [1.29, 1.82) is 0 Å². The minimum Gasteiger partial charge on any atom is -0.279 e. The van der Waals surface area contributed by atoms with Crippen molar-refractivity contribution in [1.82, 2.24) is 19.2 Å². The lowest BCUT2D eigenvalue weighted by atomic mass is 10.2. The SMILES string of the molecule is Cc1c(Cl)cccc1-n1ccn2c(S(=O)(=O)Cc3cccc(F)c3Cl)nnc2c1=O. The predicted molar refractivity (Wildman–Crippen MR) is 111 cm³/mol. The van der Waals surface area contributed by atoms with Gasteiger partial charge in [0.2, 0.25) is 15.5 Å². The fourth-order valence-corrected chi connectivity index (χ4v) is 4.89. The Morgan fingerprint density at radius 1 is 1.07 bits per heavy atom. The Hall–Kier alpha value is -2.75. The quantitative estimate of drug-likeness (QED) is 0.458. The van der Waals surface area contributed by atoms with E-state index in [4.69, 9.17) is 23.2 Å². The molecule has 154 valence electrons. The summed E-state index contributed by atoms with van der Waals surface area (Å²) in [5.41, 5.74) is 0.547. The number of aromatic nitrogens is 4. The van der Waals surface area contributed by atoms with Crippen molar-refractivity contribution in [2.45, 2.75) is 17.8 Å². The molecule has 0 amide bonds. The predicted octanol–water partition coefficient (Wildman–Crippen LogP) is 3.61. The Balaban J connectivity index is 1.82. The summed E-state index contributed by atoms with van der Waals surface area (Å²) in [4.78, 5) is 12.9. The van der Waals surface area contributed by atoms with E-state index in [1.165, 1.54) is 29.1 Å². The zero-order valence-electron chi connectivity index (χ0n) is 15.4. The van der Waals surface area contributed by atoms with Crippen LogP contribution in [0.4, 0.5) is 4.39 Å². The van der Waals surface area contributed by atoms with Crippen LogP contribution < -0.4 is 5.56 Å².